The van der Waals surface area contributed by atoms with Gasteiger partial charge in [0.15, 0.2) is 11.6 Å². The summed E-state index contributed by atoms with van der Waals surface area (Å²) in [5.41, 5.74) is 19.2. The van der Waals surface area contributed by atoms with E-state index >= 15 is 0 Å². The summed E-state index contributed by atoms with van der Waals surface area (Å²) in [6, 6.07) is 13.2. The number of nitrogens with two attached hydrogens (primary N) is 3. The van der Waals surface area contributed by atoms with Gasteiger partial charge in [0, 0.05) is 22.5 Å². The minimum absolute atomic E-state index is 0.309. The smallest absolute Gasteiger partial charge is 0.248 e. The average molecular weight is 377 g/mol. The number of carbonyl (C=O) groups is 2. The summed E-state index contributed by atoms with van der Waals surface area (Å²) in [5, 5.41) is 6.20. The summed E-state index contributed by atoms with van der Waals surface area (Å²) in [4.78, 5) is 31.0. The quantitative estimate of drug-likeness (QED) is 0.439. The zero-order valence-corrected chi connectivity index (χ0v) is 15.1. The van der Waals surface area contributed by atoms with Crippen LogP contribution in [0.2, 0.25) is 0 Å². The fraction of sp³-hybridized carbons (Fsp3) is 0.0526. The van der Waals surface area contributed by atoms with Crippen LogP contribution >= 0.6 is 0 Å². The first-order valence-corrected chi connectivity index (χ1v) is 8.31. The van der Waals surface area contributed by atoms with Gasteiger partial charge in [-0.3, -0.25) is 9.59 Å². The first-order chi connectivity index (χ1) is 13.3. The van der Waals surface area contributed by atoms with E-state index in [0.29, 0.717) is 45.6 Å². The van der Waals surface area contributed by atoms with Gasteiger partial charge in [-0.25, -0.2) is 9.97 Å². The minimum atomic E-state index is -0.502. The van der Waals surface area contributed by atoms with Gasteiger partial charge in [0.05, 0.1) is 0 Å². The summed E-state index contributed by atoms with van der Waals surface area (Å²) >= 11 is 0. The summed E-state index contributed by atoms with van der Waals surface area (Å²) in [6.07, 6.45) is 0. The number of primary amides is 2. The first-order valence-electron chi connectivity index (χ1n) is 8.31. The van der Waals surface area contributed by atoms with E-state index in [9.17, 15) is 9.59 Å². The highest BCUT2D eigenvalue weighted by Gasteiger charge is 2.12. The lowest BCUT2D eigenvalue weighted by Crippen LogP contribution is -2.11. The Labute approximate surface area is 161 Å². The molecule has 0 unspecified atom stereocenters. The molecule has 1 aromatic heterocycles. The molecule has 0 aliphatic rings. The molecule has 0 fully saturated rings. The number of benzene rings is 2. The SMILES string of the molecule is Cc1nc(Nc2ccc(C(N)=O)cc2)c(N)c(Nc2ccc(C(N)=O)cc2)n1. The predicted octanol–water partition coefficient (Wildman–Crippen LogP) is 2.05. The van der Waals surface area contributed by atoms with Crippen molar-refractivity contribution in [2.45, 2.75) is 6.92 Å². The topological polar surface area (TPSA) is 162 Å². The first kappa shape index (κ1) is 18.6. The van der Waals surface area contributed by atoms with Crippen LogP contribution in [0.1, 0.15) is 26.5 Å². The van der Waals surface area contributed by atoms with Gasteiger partial charge in [0.2, 0.25) is 11.8 Å². The Morgan fingerprint density at radius 2 is 1.11 bits per heavy atom. The summed E-state index contributed by atoms with van der Waals surface area (Å²) in [7, 11) is 0. The van der Waals surface area contributed by atoms with Gasteiger partial charge in [0.1, 0.15) is 11.5 Å². The normalized spacial score (nSPS) is 10.3. The molecule has 3 aromatic rings. The molecule has 28 heavy (non-hydrogen) atoms. The number of hydrogen-bond acceptors (Lipinski definition) is 7. The number of carbonyl (C=O) groups excluding carboxylic acids is 2. The molecule has 1 heterocycles. The second kappa shape index (κ2) is 7.62. The summed E-state index contributed by atoms with van der Waals surface area (Å²) in [6.45, 7) is 1.74. The van der Waals surface area contributed by atoms with Crippen LogP contribution in [-0.4, -0.2) is 21.8 Å². The molecule has 142 valence electrons. The van der Waals surface area contributed by atoms with E-state index in [1.807, 2.05) is 0 Å². The molecule has 0 atom stereocenters. The van der Waals surface area contributed by atoms with Crippen LogP contribution in [0.3, 0.4) is 0 Å². The molecule has 3 rings (SSSR count). The van der Waals surface area contributed by atoms with Crippen molar-refractivity contribution >= 4 is 40.5 Å². The molecule has 0 saturated heterocycles. The third-order valence-corrected chi connectivity index (χ3v) is 3.92. The van der Waals surface area contributed by atoms with Gasteiger partial charge in [0.25, 0.3) is 0 Å². The second-order valence-electron chi connectivity index (χ2n) is 6.01. The molecule has 0 aliphatic heterocycles. The Morgan fingerprint density at radius 1 is 0.750 bits per heavy atom. The van der Waals surface area contributed by atoms with Gasteiger partial charge < -0.3 is 27.8 Å². The van der Waals surface area contributed by atoms with Crippen molar-refractivity contribution in [3.05, 3.63) is 65.5 Å². The highest BCUT2D eigenvalue weighted by atomic mass is 16.1. The second-order valence-corrected chi connectivity index (χ2v) is 6.01. The molecule has 0 saturated carbocycles. The van der Waals surface area contributed by atoms with Gasteiger partial charge in [-0.05, 0) is 55.5 Å². The van der Waals surface area contributed by atoms with Gasteiger partial charge >= 0.3 is 0 Å². The summed E-state index contributed by atoms with van der Waals surface area (Å²) in [5.74, 6) is 0.323. The van der Waals surface area contributed by atoms with E-state index in [1.54, 1.807) is 55.5 Å². The van der Waals surface area contributed by atoms with Crippen LogP contribution < -0.4 is 27.8 Å². The lowest BCUT2D eigenvalue weighted by molar-refractivity contribution is 0.0992. The highest BCUT2D eigenvalue weighted by Crippen LogP contribution is 2.29. The zero-order chi connectivity index (χ0) is 20.3. The van der Waals surface area contributed by atoms with E-state index in [1.165, 1.54) is 0 Å². The maximum absolute atomic E-state index is 11.2. The summed E-state index contributed by atoms with van der Waals surface area (Å²) < 4.78 is 0. The largest absolute Gasteiger partial charge is 0.393 e. The van der Waals surface area contributed by atoms with Crippen LogP contribution in [-0.2, 0) is 0 Å². The van der Waals surface area contributed by atoms with Crippen molar-refractivity contribution < 1.29 is 9.59 Å². The van der Waals surface area contributed by atoms with Crippen molar-refractivity contribution in [1.82, 2.24) is 9.97 Å². The molecule has 8 N–H and O–H groups in total. The zero-order valence-electron chi connectivity index (χ0n) is 15.1. The number of rotatable bonds is 6. The number of nitrogens with one attached hydrogen (secondary N) is 2. The van der Waals surface area contributed by atoms with Crippen molar-refractivity contribution in [1.29, 1.82) is 0 Å². The number of nitrogens with zero attached hydrogens (tertiary/aromatic N) is 2. The molecule has 9 nitrogen and oxygen atoms in total. The van der Waals surface area contributed by atoms with E-state index in [0.717, 1.165) is 0 Å². The fourth-order valence-electron chi connectivity index (χ4n) is 2.48. The van der Waals surface area contributed by atoms with Crippen molar-refractivity contribution in [2.24, 2.45) is 11.5 Å². The van der Waals surface area contributed by atoms with E-state index in [2.05, 4.69) is 20.6 Å². The van der Waals surface area contributed by atoms with Crippen LogP contribution in [0.25, 0.3) is 0 Å². The standard InChI is InChI=1S/C19H19N7O2/c1-10-23-18(25-13-6-2-11(3-7-13)16(21)27)15(20)19(24-10)26-14-8-4-12(5-9-14)17(22)28/h2-9H,20H2,1H3,(H2,21,27)(H2,22,28)(H2,23,24,25,26). The molecule has 0 radical (unpaired) electrons. The maximum atomic E-state index is 11.2. The minimum Gasteiger partial charge on any atom is -0.393 e. The van der Waals surface area contributed by atoms with E-state index < -0.39 is 11.8 Å². The van der Waals surface area contributed by atoms with Crippen molar-refractivity contribution in [3.8, 4) is 0 Å². The Hall–Kier alpha value is -4.14. The number of hydrogen-bond donors (Lipinski definition) is 5. The lowest BCUT2D eigenvalue weighted by atomic mass is 10.2. The Balaban J connectivity index is 1.85. The Kier molecular flexibility index (Phi) is 5.07. The molecule has 9 heteroatoms. The molecule has 2 amide bonds. The van der Waals surface area contributed by atoms with Crippen LogP contribution in [0.5, 0.6) is 0 Å². The molecular weight excluding hydrogens is 358 g/mol. The number of anilines is 5. The molecule has 0 spiro atoms. The monoisotopic (exact) mass is 377 g/mol. The Bertz CT molecular complexity index is 951. The van der Waals surface area contributed by atoms with E-state index in [-0.39, 0.29) is 0 Å². The fourth-order valence-corrected chi connectivity index (χ4v) is 2.48. The van der Waals surface area contributed by atoms with Gasteiger partial charge in [-0.2, -0.15) is 0 Å². The van der Waals surface area contributed by atoms with Crippen LogP contribution in [0.15, 0.2) is 48.5 Å². The van der Waals surface area contributed by atoms with E-state index in [4.69, 9.17) is 17.2 Å². The molecular formula is C19H19N7O2. The highest BCUT2D eigenvalue weighted by molar-refractivity contribution is 5.94. The third-order valence-electron chi connectivity index (χ3n) is 3.92. The van der Waals surface area contributed by atoms with Crippen LogP contribution in [0.4, 0.5) is 28.7 Å². The van der Waals surface area contributed by atoms with Crippen molar-refractivity contribution in [3.63, 3.8) is 0 Å². The number of aromatic nitrogens is 2. The average Bonchev–Trinajstić information content (AvgIpc) is 2.66. The number of amides is 2. The molecule has 0 aliphatic carbocycles. The molecule has 0 bridgehead atoms. The number of aryl methyl sites for hydroxylation is 1. The van der Waals surface area contributed by atoms with Crippen molar-refractivity contribution in [2.75, 3.05) is 16.4 Å². The number of nitrogen functional groups attached to an aromatic ring is 1. The molecule has 2 aromatic carbocycles. The lowest BCUT2D eigenvalue weighted by Gasteiger charge is -2.14. The van der Waals surface area contributed by atoms with Crippen LogP contribution in [0, 0.1) is 6.92 Å². The maximum Gasteiger partial charge on any atom is 0.248 e. The Morgan fingerprint density at radius 3 is 1.43 bits per heavy atom. The third kappa shape index (κ3) is 4.15. The van der Waals surface area contributed by atoms with Gasteiger partial charge in [-0.1, -0.05) is 0 Å². The van der Waals surface area contributed by atoms with Gasteiger partial charge in [-0.15, -0.1) is 0 Å². The predicted molar refractivity (Wildman–Crippen MR) is 108 cm³/mol.